The minimum Gasteiger partial charge on any atom is -0.497 e. The molecule has 0 heterocycles. The number of nitro benzene ring substituents is 1. The molecule has 0 saturated heterocycles. The van der Waals surface area contributed by atoms with Crippen molar-refractivity contribution in [1.29, 1.82) is 0 Å². The van der Waals surface area contributed by atoms with Crippen molar-refractivity contribution in [3.8, 4) is 17.2 Å². The van der Waals surface area contributed by atoms with E-state index in [1.54, 1.807) is 31.4 Å². The minimum absolute atomic E-state index is 0.0692. The Balaban J connectivity index is 2.32. The zero-order valence-electron chi connectivity index (χ0n) is 13.8. The third-order valence-corrected chi connectivity index (χ3v) is 3.32. The average molecular weight is 329 g/mol. The smallest absolute Gasteiger partial charge is 0.311 e. The summed E-state index contributed by atoms with van der Waals surface area (Å²) in [6, 6.07) is 10.3. The van der Waals surface area contributed by atoms with Crippen molar-refractivity contribution in [2.24, 2.45) is 0 Å². The molecular weight excluding hydrogens is 310 g/mol. The molecule has 6 nitrogen and oxygen atoms in total. The fraction of sp³-hybridized carbons (Fsp3) is 0.222. The lowest BCUT2D eigenvalue weighted by Gasteiger charge is -2.07. The van der Waals surface area contributed by atoms with E-state index in [2.05, 4.69) is 0 Å². The summed E-state index contributed by atoms with van der Waals surface area (Å²) in [6.45, 7) is 2.46. The van der Waals surface area contributed by atoms with Gasteiger partial charge in [0.05, 0.1) is 25.7 Å². The van der Waals surface area contributed by atoms with Crippen molar-refractivity contribution in [2.45, 2.75) is 6.92 Å². The van der Waals surface area contributed by atoms with E-state index in [9.17, 15) is 10.1 Å². The van der Waals surface area contributed by atoms with E-state index < -0.39 is 4.92 Å². The van der Waals surface area contributed by atoms with Gasteiger partial charge in [0, 0.05) is 12.1 Å². The lowest BCUT2D eigenvalue weighted by molar-refractivity contribution is -0.385. The molecule has 0 atom stereocenters. The van der Waals surface area contributed by atoms with E-state index in [4.69, 9.17) is 14.2 Å². The Morgan fingerprint density at radius 3 is 2.33 bits per heavy atom. The second-order valence-electron chi connectivity index (χ2n) is 4.90. The maximum atomic E-state index is 11.1. The quantitative estimate of drug-likeness (QED) is 0.433. The number of nitrogens with zero attached hydrogens (tertiary/aromatic N) is 1. The number of benzene rings is 2. The minimum atomic E-state index is -0.463. The first-order valence-electron chi connectivity index (χ1n) is 7.39. The second kappa shape index (κ2) is 8.01. The molecule has 0 aliphatic rings. The molecule has 0 aliphatic heterocycles. The maximum Gasteiger partial charge on any atom is 0.311 e. The van der Waals surface area contributed by atoms with Crippen LogP contribution in [-0.2, 0) is 0 Å². The highest BCUT2D eigenvalue weighted by Gasteiger charge is 2.14. The number of hydrogen-bond acceptors (Lipinski definition) is 5. The third kappa shape index (κ3) is 4.25. The van der Waals surface area contributed by atoms with Gasteiger partial charge in [-0.25, -0.2) is 0 Å². The van der Waals surface area contributed by atoms with Crippen LogP contribution >= 0.6 is 0 Å². The Labute approximate surface area is 140 Å². The molecule has 0 bridgehead atoms. The molecule has 0 spiro atoms. The van der Waals surface area contributed by atoms with Crippen molar-refractivity contribution in [3.63, 3.8) is 0 Å². The van der Waals surface area contributed by atoms with Crippen LogP contribution in [0.3, 0.4) is 0 Å². The Morgan fingerprint density at radius 1 is 1.00 bits per heavy atom. The summed E-state index contributed by atoms with van der Waals surface area (Å²) < 4.78 is 15.8. The monoisotopic (exact) mass is 329 g/mol. The molecule has 0 radical (unpaired) electrons. The molecule has 6 heteroatoms. The molecule has 0 aromatic heterocycles. The lowest BCUT2D eigenvalue weighted by Crippen LogP contribution is -1.94. The molecule has 24 heavy (non-hydrogen) atoms. The standard InChI is InChI=1S/C18H19NO5/c1-4-24-16-10-14(9-15(12-16)22-2)6-5-13-7-8-18(23-3)17(11-13)19(20)21/h5-12H,4H2,1-3H3. The van der Waals surface area contributed by atoms with Crippen molar-refractivity contribution >= 4 is 17.8 Å². The first-order valence-corrected chi connectivity index (χ1v) is 7.39. The van der Waals surface area contributed by atoms with Crippen LogP contribution in [0, 0.1) is 10.1 Å². The van der Waals surface area contributed by atoms with Gasteiger partial charge >= 0.3 is 5.69 Å². The molecule has 2 rings (SSSR count). The number of rotatable bonds is 7. The number of hydrogen-bond donors (Lipinski definition) is 0. The molecule has 0 N–H and O–H groups in total. The molecule has 0 amide bonds. The van der Waals surface area contributed by atoms with Gasteiger partial charge in [0.25, 0.3) is 0 Å². The molecule has 0 fully saturated rings. The van der Waals surface area contributed by atoms with Gasteiger partial charge in [-0.3, -0.25) is 10.1 Å². The topological polar surface area (TPSA) is 70.8 Å². The number of ether oxygens (including phenoxy) is 3. The molecule has 0 aliphatic carbocycles. The van der Waals surface area contributed by atoms with E-state index in [1.165, 1.54) is 13.2 Å². The highest BCUT2D eigenvalue weighted by atomic mass is 16.6. The summed E-state index contributed by atoms with van der Waals surface area (Å²) in [5.41, 5.74) is 1.50. The van der Waals surface area contributed by atoms with Gasteiger partial charge < -0.3 is 14.2 Å². The van der Waals surface area contributed by atoms with Crippen LogP contribution in [0.15, 0.2) is 36.4 Å². The summed E-state index contributed by atoms with van der Waals surface area (Å²) in [4.78, 5) is 10.6. The van der Waals surface area contributed by atoms with E-state index >= 15 is 0 Å². The second-order valence-corrected chi connectivity index (χ2v) is 4.90. The predicted molar refractivity (Wildman–Crippen MR) is 92.7 cm³/mol. The van der Waals surface area contributed by atoms with Crippen molar-refractivity contribution in [1.82, 2.24) is 0 Å². The zero-order valence-corrected chi connectivity index (χ0v) is 13.8. The Bertz CT molecular complexity index is 755. The van der Waals surface area contributed by atoms with Crippen LogP contribution in [0.5, 0.6) is 17.2 Å². The highest BCUT2D eigenvalue weighted by Crippen LogP contribution is 2.29. The molecule has 2 aromatic rings. The normalized spacial score (nSPS) is 10.6. The Kier molecular flexibility index (Phi) is 5.78. The van der Waals surface area contributed by atoms with Crippen molar-refractivity contribution < 1.29 is 19.1 Å². The predicted octanol–water partition coefficient (Wildman–Crippen LogP) is 4.18. The van der Waals surface area contributed by atoms with Crippen molar-refractivity contribution in [3.05, 3.63) is 57.6 Å². The summed E-state index contributed by atoms with van der Waals surface area (Å²) >= 11 is 0. The van der Waals surface area contributed by atoms with E-state index in [0.717, 1.165) is 5.56 Å². The largest absolute Gasteiger partial charge is 0.497 e. The van der Waals surface area contributed by atoms with Gasteiger partial charge in [-0.05, 0) is 36.2 Å². The number of methoxy groups -OCH3 is 2. The molecule has 2 aromatic carbocycles. The van der Waals surface area contributed by atoms with Gasteiger partial charge in [-0.1, -0.05) is 18.2 Å². The third-order valence-electron chi connectivity index (χ3n) is 3.32. The SMILES string of the molecule is CCOc1cc(C=Cc2ccc(OC)c([N+](=O)[O-])c2)cc(OC)c1. The zero-order chi connectivity index (χ0) is 17.5. The van der Waals surface area contributed by atoms with Gasteiger partial charge in [0.2, 0.25) is 0 Å². The first-order chi connectivity index (χ1) is 11.6. The van der Waals surface area contributed by atoms with Crippen LogP contribution in [0.4, 0.5) is 5.69 Å². The van der Waals surface area contributed by atoms with Gasteiger partial charge in [0.1, 0.15) is 11.5 Å². The Morgan fingerprint density at radius 2 is 1.71 bits per heavy atom. The van der Waals surface area contributed by atoms with Crippen LogP contribution < -0.4 is 14.2 Å². The summed E-state index contributed by atoms with van der Waals surface area (Å²) in [6.07, 6.45) is 3.63. The van der Waals surface area contributed by atoms with Crippen LogP contribution in [0.25, 0.3) is 12.2 Å². The number of nitro groups is 1. The lowest BCUT2D eigenvalue weighted by atomic mass is 10.1. The average Bonchev–Trinajstić information content (AvgIpc) is 2.59. The molecule has 0 saturated carbocycles. The van der Waals surface area contributed by atoms with E-state index in [1.807, 2.05) is 25.1 Å². The molecule has 0 unspecified atom stereocenters. The van der Waals surface area contributed by atoms with Crippen molar-refractivity contribution in [2.75, 3.05) is 20.8 Å². The maximum absolute atomic E-state index is 11.1. The summed E-state index contributed by atoms with van der Waals surface area (Å²) in [7, 11) is 2.99. The van der Waals surface area contributed by atoms with Gasteiger partial charge in [-0.15, -0.1) is 0 Å². The van der Waals surface area contributed by atoms with Crippen LogP contribution in [0.1, 0.15) is 18.1 Å². The highest BCUT2D eigenvalue weighted by molar-refractivity contribution is 5.72. The van der Waals surface area contributed by atoms with Gasteiger partial charge in [0.15, 0.2) is 5.75 Å². The molecule has 126 valence electrons. The molecular formula is C18H19NO5. The fourth-order valence-electron chi connectivity index (χ4n) is 2.20. The van der Waals surface area contributed by atoms with Gasteiger partial charge in [-0.2, -0.15) is 0 Å². The van der Waals surface area contributed by atoms with E-state index in [0.29, 0.717) is 23.7 Å². The summed E-state index contributed by atoms with van der Waals surface area (Å²) in [5.74, 6) is 1.62. The van der Waals surface area contributed by atoms with Crippen LogP contribution in [-0.4, -0.2) is 25.7 Å². The Hall–Kier alpha value is -3.02. The van der Waals surface area contributed by atoms with E-state index in [-0.39, 0.29) is 11.4 Å². The first kappa shape index (κ1) is 17.3. The fourth-order valence-corrected chi connectivity index (χ4v) is 2.20. The van der Waals surface area contributed by atoms with Crippen LogP contribution in [0.2, 0.25) is 0 Å². The summed E-state index contributed by atoms with van der Waals surface area (Å²) in [5, 5.41) is 11.1.